The van der Waals surface area contributed by atoms with E-state index in [-0.39, 0.29) is 12.0 Å². The van der Waals surface area contributed by atoms with Crippen LogP contribution >= 0.6 is 11.8 Å². The molecule has 0 radical (unpaired) electrons. The molecule has 2 aromatic heterocycles. The highest BCUT2D eigenvalue weighted by molar-refractivity contribution is 8.00. The van der Waals surface area contributed by atoms with Gasteiger partial charge in [-0.2, -0.15) is 5.10 Å². The Labute approximate surface area is 119 Å². The normalized spacial score (nSPS) is 18.5. The lowest BCUT2D eigenvalue weighted by molar-refractivity contribution is -0.119. The van der Waals surface area contributed by atoms with Gasteiger partial charge in [0.2, 0.25) is 5.91 Å². The molecule has 1 amide bonds. The van der Waals surface area contributed by atoms with E-state index in [0.717, 1.165) is 29.9 Å². The molecule has 2 N–H and O–H groups in total. The summed E-state index contributed by atoms with van der Waals surface area (Å²) < 4.78 is 5.46. The molecule has 0 saturated carbocycles. The number of nitrogens with zero attached hydrogens (tertiary/aromatic N) is 3. The molecule has 1 aliphatic heterocycles. The van der Waals surface area contributed by atoms with Crippen molar-refractivity contribution in [3.8, 4) is 0 Å². The summed E-state index contributed by atoms with van der Waals surface area (Å²) >= 11 is 1.38. The molecule has 0 aliphatic carbocycles. The average molecular weight is 293 g/mol. The van der Waals surface area contributed by atoms with Gasteiger partial charge in [-0.05, 0) is 12.8 Å². The van der Waals surface area contributed by atoms with E-state index >= 15 is 0 Å². The fourth-order valence-electron chi connectivity index (χ4n) is 2.08. The number of aromatic nitrogens is 4. The molecule has 1 atom stereocenters. The molecular formula is C12H15N5O2S. The van der Waals surface area contributed by atoms with Crippen LogP contribution in [0, 0.1) is 0 Å². The molecule has 0 bridgehead atoms. The number of ether oxygens (including phenoxy) is 1. The fraction of sp³-hybridized carbons (Fsp3) is 0.500. The number of aromatic amines is 1. The Balaban J connectivity index is 1.51. The van der Waals surface area contributed by atoms with Crippen molar-refractivity contribution in [1.82, 2.24) is 25.5 Å². The van der Waals surface area contributed by atoms with E-state index < -0.39 is 0 Å². The molecule has 3 heterocycles. The van der Waals surface area contributed by atoms with Gasteiger partial charge in [0, 0.05) is 13.2 Å². The van der Waals surface area contributed by atoms with Crippen molar-refractivity contribution in [2.75, 3.05) is 18.9 Å². The lowest BCUT2D eigenvalue weighted by Gasteiger charge is -2.10. The highest BCUT2D eigenvalue weighted by Crippen LogP contribution is 2.22. The van der Waals surface area contributed by atoms with Crippen molar-refractivity contribution < 1.29 is 9.53 Å². The van der Waals surface area contributed by atoms with Crippen molar-refractivity contribution in [3.05, 3.63) is 12.5 Å². The van der Waals surface area contributed by atoms with Crippen molar-refractivity contribution in [1.29, 1.82) is 0 Å². The van der Waals surface area contributed by atoms with Gasteiger partial charge < -0.3 is 10.1 Å². The summed E-state index contributed by atoms with van der Waals surface area (Å²) in [6.07, 6.45) is 5.40. The van der Waals surface area contributed by atoms with Crippen LogP contribution in [0.5, 0.6) is 0 Å². The third-order valence-electron chi connectivity index (χ3n) is 3.10. The van der Waals surface area contributed by atoms with Crippen LogP contribution in [0.1, 0.15) is 12.8 Å². The van der Waals surface area contributed by atoms with Crippen LogP contribution in [-0.4, -0.2) is 51.1 Å². The van der Waals surface area contributed by atoms with E-state index in [9.17, 15) is 4.79 Å². The van der Waals surface area contributed by atoms with E-state index in [2.05, 4.69) is 25.5 Å². The van der Waals surface area contributed by atoms with Crippen molar-refractivity contribution in [2.45, 2.75) is 24.0 Å². The topological polar surface area (TPSA) is 92.8 Å². The van der Waals surface area contributed by atoms with Crippen LogP contribution in [0.25, 0.3) is 11.0 Å². The van der Waals surface area contributed by atoms with Gasteiger partial charge in [-0.3, -0.25) is 9.89 Å². The number of nitrogens with one attached hydrogen (secondary N) is 2. The third kappa shape index (κ3) is 3.07. The second kappa shape index (κ2) is 6.19. The number of hydrogen-bond donors (Lipinski definition) is 2. The molecule has 0 unspecified atom stereocenters. The summed E-state index contributed by atoms with van der Waals surface area (Å²) in [7, 11) is 0. The summed E-state index contributed by atoms with van der Waals surface area (Å²) in [5, 5.41) is 11.2. The van der Waals surface area contributed by atoms with Crippen LogP contribution in [0.4, 0.5) is 0 Å². The zero-order valence-electron chi connectivity index (χ0n) is 10.8. The van der Waals surface area contributed by atoms with E-state index in [4.69, 9.17) is 4.74 Å². The number of H-pyrrole nitrogens is 1. The fourth-order valence-corrected chi connectivity index (χ4v) is 2.87. The first-order valence-electron chi connectivity index (χ1n) is 6.48. The summed E-state index contributed by atoms with van der Waals surface area (Å²) in [6, 6.07) is 0. The number of fused-ring (bicyclic) bond motifs is 1. The number of carbonyl (C=O) groups excluding carboxylic acids is 1. The predicted octanol–water partition coefficient (Wildman–Crippen LogP) is 0.740. The molecular weight excluding hydrogens is 278 g/mol. The second-order valence-electron chi connectivity index (χ2n) is 4.54. The highest BCUT2D eigenvalue weighted by atomic mass is 32.2. The maximum Gasteiger partial charge on any atom is 0.230 e. The average Bonchev–Trinajstić information content (AvgIpc) is 3.13. The number of amides is 1. The molecule has 0 aromatic carbocycles. The van der Waals surface area contributed by atoms with E-state index in [1.807, 2.05) is 0 Å². The molecule has 106 valence electrons. The lowest BCUT2D eigenvalue weighted by Crippen LogP contribution is -2.32. The first-order chi connectivity index (χ1) is 9.83. The Kier molecular flexibility index (Phi) is 4.12. The molecule has 1 fully saturated rings. The Bertz CT molecular complexity index is 596. The van der Waals surface area contributed by atoms with Gasteiger partial charge in [0.1, 0.15) is 11.4 Å². The number of thioether (sulfide) groups is 1. The maximum absolute atomic E-state index is 11.8. The smallest absolute Gasteiger partial charge is 0.230 e. The Morgan fingerprint density at radius 3 is 3.35 bits per heavy atom. The molecule has 20 heavy (non-hydrogen) atoms. The molecule has 1 saturated heterocycles. The molecule has 3 rings (SSSR count). The lowest BCUT2D eigenvalue weighted by atomic mass is 10.2. The predicted molar refractivity (Wildman–Crippen MR) is 74.4 cm³/mol. The van der Waals surface area contributed by atoms with Gasteiger partial charge in [0.25, 0.3) is 0 Å². The monoisotopic (exact) mass is 293 g/mol. The number of carbonyl (C=O) groups is 1. The van der Waals surface area contributed by atoms with Crippen molar-refractivity contribution in [2.24, 2.45) is 0 Å². The summed E-state index contributed by atoms with van der Waals surface area (Å²) in [5.41, 5.74) is 0.683. The quantitative estimate of drug-likeness (QED) is 0.624. The van der Waals surface area contributed by atoms with E-state index in [1.54, 1.807) is 6.20 Å². The van der Waals surface area contributed by atoms with Crippen molar-refractivity contribution >= 4 is 28.7 Å². The summed E-state index contributed by atoms with van der Waals surface area (Å²) in [5.74, 6) is 0.310. The largest absolute Gasteiger partial charge is 0.376 e. The Morgan fingerprint density at radius 2 is 2.50 bits per heavy atom. The third-order valence-corrected chi connectivity index (χ3v) is 4.11. The van der Waals surface area contributed by atoms with Gasteiger partial charge in [-0.15, -0.1) is 0 Å². The Hall–Kier alpha value is -1.67. The molecule has 7 nitrogen and oxygen atoms in total. The number of hydrogen-bond acceptors (Lipinski definition) is 6. The van der Waals surface area contributed by atoms with E-state index in [1.165, 1.54) is 18.1 Å². The minimum absolute atomic E-state index is 0.0132. The van der Waals surface area contributed by atoms with Crippen molar-refractivity contribution in [3.63, 3.8) is 0 Å². The van der Waals surface area contributed by atoms with Gasteiger partial charge in [-0.25, -0.2) is 9.97 Å². The summed E-state index contributed by atoms with van der Waals surface area (Å²) in [6.45, 7) is 1.39. The van der Waals surface area contributed by atoms with Gasteiger partial charge in [0.05, 0.1) is 23.4 Å². The van der Waals surface area contributed by atoms with Gasteiger partial charge >= 0.3 is 0 Å². The van der Waals surface area contributed by atoms with Gasteiger partial charge in [-0.1, -0.05) is 11.8 Å². The van der Waals surface area contributed by atoms with Crippen LogP contribution in [0.3, 0.4) is 0 Å². The van der Waals surface area contributed by atoms with Gasteiger partial charge in [0.15, 0.2) is 5.65 Å². The Morgan fingerprint density at radius 1 is 1.55 bits per heavy atom. The van der Waals surface area contributed by atoms with Crippen LogP contribution in [0.15, 0.2) is 17.6 Å². The maximum atomic E-state index is 11.8. The van der Waals surface area contributed by atoms with Crippen LogP contribution in [-0.2, 0) is 9.53 Å². The van der Waals surface area contributed by atoms with Crippen LogP contribution in [0.2, 0.25) is 0 Å². The minimum atomic E-state index is -0.0132. The van der Waals surface area contributed by atoms with Crippen LogP contribution < -0.4 is 5.32 Å². The standard InChI is InChI=1S/C12H15N5O2S/c18-10(13-4-8-2-1-3-19-8)6-20-12-9-5-16-17-11(9)14-7-15-12/h5,7-8H,1-4,6H2,(H,13,18)(H,14,15,16,17)/t8-/m0/s1. The SMILES string of the molecule is O=C(CSc1ncnc2[nH]ncc12)NC[C@@H]1CCCO1. The second-order valence-corrected chi connectivity index (χ2v) is 5.50. The zero-order chi connectivity index (χ0) is 13.8. The first-order valence-corrected chi connectivity index (χ1v) is 7.46. The molecule has 1 aliphatic rings. The molecule has 0 spiro atoms. The molecule has 2 aromatic rings. The minimum Gasteiger partial charge on any atom is -0.376 e. The number of rotatable bonds is 5. The zero-order valence-corrected chi connectivity index (χ0v) is 11.7. The highest BCUT2D eigenvalue weighted by Gasteiger charge is 2.16. The van der Waals surface area contributed by atoms with E-state index in [0.29, 0.717) is 17.9 Å². The molecule has 8 heteroatoms. The first kappa shape index (κ1) is 13.3. The summed E-state index contributed by atoms with van der Waals surface area (Å²) in [4.78, 5) is 20.0.